The minimum atomic E-state index is 0. The van der Waals surface area contributed by atoms with E-state index in [4.69, 9.17) is 4.52 Å². The summed E-state index contributed by atoms with van der Waals surface area (Å²) in [5, 5.41) is 10.8. The van der Waals surface area contributed by atoms with Gasteiger partial charge < -0.3 is 15.2 Å². The number of rotatable bonds is 7. The Bertz CT molecular complexity index is 804. The van der Waals surface area contributed by atoms with Crippen molar-refractivity contribution in [2.75, 3.05) is 20.1 Å². The zero-order valence-electron chi connectivity index (χ0n) is 18.6. The Morgan fingerprint density at radius 3 is 2.63 bits per heavy atom. The minimum Gasteiger partial charge on any atom is -0.359 e. The summed E-state index contributed by atoms with van der Waals surface area (Å²) in [5.74, 6) is 2.74. The van der Waals surface area contributed by atoms with Gasteiger partial charge in [-0.2, -0.15) is 0 Å². The first-order valence-corrected chi connectivity index (χ1v) is 10.7. The van der Waals surface area contributed by atoms with Gasteiger partial charge in [0.2, 0.25) is 0 Å². The van der Waals surface area contributed by atoms with Gasteiger partial charge in [-0.15, -0.1) is 24.0 Å². The molecule has 0 amide bonds. The summed E-state index contributed by atoms with van der Waals surface area (Å²) < 4.78 is 5.40. The van der Waals surface area contributed by atoms with Crippen LogP contribution in [0.3, 0.4) is 0 Å². The number of halogens is 1. The molecule has 1 aromatic heterocycles. The molecule has 1 fully saturated rings. The summed E-state index contributed by atoms with van der Waals surface area (Å²) >= 11 is 0. The topological polar surface area (TPSA) is 65.7 Å². The summed E-state index contributed by atoms with van der Waals surface area (Å²) in [7, 11) is 1.79. The van der Waals surface area contributed by atoms with Crippen LogP contribution in [0.4, 0.5) is 0 Å². The van der Waals surface area contributed by atoms with Crippen LogP contribution in [0, 0.1) is 5.92 Å². The minimum absolute atomic E-state index is 0. The Kier molecular flexibility index (Phi) is 10.1. The number of nitrogens with one attached hydrogen (secondary N) is 2. The Morgan fingerprint density at radius 2 is 1.97 bits per heavy atom. The van der Waals surface area contributed by atoms with Crippen LogP contribution in [0.1, 0.15) is 62.1 Å². The first-order valence-electron chi connectivity index (χ1n) is 10.7. The van der Waals surface area contributed by atoms with E-state index in [0.29, 0.717) is 12.5 Å². The van der Waals surface area contributed by atoms with Crippen molar-refractivity contribution in [3.05, 3.63) is 52.9 Å². The van der Waals surface area contributed by atoms with E-state index in [9.17, 15) is 0 Å². The largest absolute Gasteiger partial charge is 0.359 e. The molecule has 1 aliphatic heterocycles. The molecule has 0 radical (unpaired) electrons. The van der Waals surface area contributed by atoms with E-state index in [-0.39, 0.29) is 24.0 Å². The number of hydrogen-bond acceptors (Lipinski definition) is 4. The summed E-state index contributed by atoms with van der Waals surface area (Å²) in [6, 6.07) is 10.7. The quantitative estimate of drug-likeness (QED) is 0.317. The molecule has 30 heavy (non-hydrogen) atoms. The standard InChI is InChI=1S/C23H35N5O.HI/c1-17(2)22-12-21(29-27-22)14-26-23(24-4)25-13-19-9-5-6-10-20(19)16-28-11-7-8-18(3)15-28;/h5-6,9-10,12,17-18H,7-8,11,13-16H2,1-4H3,(H2,24,25,26);1H. The number of piperidine rings is 1. The highest BCUT2D eigenvalue weighted by Crippen LogP contribution is 2.19. The molecule has 1 saturated heterocycles. The van der Waals surface area contributed by atoms with Gasteiger partial charge in [-0.05, 0) is 42.3 Å². The maximum atomic E-state index is 5.40. The van der Waals surface area contributed by atoms with E-state index in [0.717, 1.165) is 36.4 Å². The van der Waals surface area contributed by atoms with Gasteiger partial charge in [-0.3, -0.25) is 9.89 Å². The maximum absolute atomic E-state index is 5.40. The van der Waals surface area contributed by atoms with E-state index >= 15 is 0 Å². The Morgan fingerprint density at radius 1 is 1.23 bits per heavy atom. The van der Waals surface area contributed by atoms with Crippen molar-refractivity contribution in [3.63, 3.8) is 0 Å². The SMILES string of the molecule is CN=C(NCc1cc(C(C)C)no1)NCc1ccccc1CN1CCCC(C)C1.I. The third-order valence-corrected chi connectivity index (χ3v) is 5.52. The molecule has 1 unspecified atom stereocenters. The van der Waals surface area contributed by atoms with Crippen LogP contribution in [-0.4, -0.2) is 36.2 Å². The van der Waals surface area contributed by atoms with E-state index in [2.05, 4.69) is 70.7 Å². The fraction of sp³-hybridized carbons (Fsp3) is 0.565. The van der Waals surface area contributed by atoms with Crippen molar-refractivity contribution in [1.82, 2.24) is 20.7 Å². The summed E-state index contributed by atoms with van der Waals surface area (Å²) in [6.45, 7) is 11.3. The normalized spacial score (nSPS) is 17.6. The monoisotopic (exact) mass is 525 g/mol. The molecule has 0 bridgehead atoms. The van der Waals surface area contributed by atoms with Gasteiger partial charge in [-0.1, -0.05) is 50.2 Å². The molecule has 166 valence electrons. The summed E-state index contributed by atoms with van der Waals surface area (Å²) in [6.07, 6.45) is 2.66. The zero-order chi connectivity index (χ0) is 20.6. The number of guanidine groups is 1. The predicted molar refractivity (Wildman–Crippen MR) is 133 cm³/mol. The summed E-state index contributed by atoms with van der Waals surface area (Å²) in [4.78, 5) is 6.92. The van der Waals surface area contributed by atoms with E-state index in [1.54, 1.807) is 7.05 Å². The lowest BCUT2D eigenvalue weighted by molar-refractivity contribution is 0.176. The van der Waals surface area contributed by atoms with Crippen molar-refractivity contribution in [2.45, 2.75) is 59.2 Å². The van der Waals surface area contributed by atoms with Crippen molar-refractivity contribution >= 4 is 29.9 Å². The zero-order valence-corrected chi connectivity index (χ0v) is 21.0. The molecule has 3 rings (SSSR count). The van der Waals surface area contributed by atoms with Gasteiger partial charge in [0, 0.05) is 32.7 Å². The van der Waals surface area contributed by atoms with Gasteiger partial charge in [0.05, 0.1) is 12.2 Å². The first-order chi connectivity index (χ1) is 14.0. The number of aromatic nitrogens is 1. The van der Waals surface area contributed by atoms with Crippen LogP contribution in [0.5, 0.6) is 0 Å². The number of likely N-dealkylation sites (tertiary alicyclic amines) is 1. The molecule has 0 spiro atoms. The highest BCUT2D eigenvalue weighted by molar-refractivity contribution is 14.0. The van der Waals surface area contributed by atoms with Gasteiger partial charge in [0.25, 0.3) is 0 Å². The number of benzene rings is 1. The molecule has 2 heterocycles. The second kappa shape index (κ2) is 12.3. The fourth-order valence-electron chi connectivity index (χ4n) is 3.81. The van der Waals surface area contributed by atoms with Gasteiger partial charge in [0.1, 0.15) is 0 Å². The Labute approximate surface area is 197 Å². The molecular formula is C23H36IN5O. The average Bonchev–Trinajstić information content (AvgIpc) is 3.19. The van der Waals surface area contributed by atoms with Crippen molar-refractivity contribution in [1.29, 1.82) is 0 Å². The molecular weight excluding hydrogens is 489 g/mol. The third-order valence-electron chi connectivity index (χ3n) is 5.52. The lowest BCUT2D eigenvalue weighted by atomic mass is 9.99. The molecule has 0 saturated carbocycles. The van der Waals surface area contributed by atoms with Crippen molar-refractivity contribution in [2.24, 2.45) is 10.9 Å². The van der Waals surface area contributed by atoms with Crippen LogP contribution in [-0.2, 0) is 19.6 Å². The fourth-order valence-corrected chi connectivity index (χ4v) is 3.81. The lowest BCUT2D eigenvalue weighted by Crippen LogP contribution is -2.37. The van der Waals surface area contributed by atoms with E-state index in [1.807, 2.05) is 6.07 Å². The molecule has 2 aromatic rings. The Balaban J connectivity index is 0.00000320. The van der Waals surface area contributed by atoms with Crippen LogP contribution < -0.4 is 10.6 Å². The van der Waals surface area contributed by atoms with E-state index in [1.165, 1.54) is 37.1 Å². The highest BCUT2D eigenvalue weighted by Gasteiger charge is 2.17. The molecule has 1 aliphatic rings. The van der Waals surface area contributed by atoms with Gasteiger partial charge >= 0.3 is 0 Å². The van der Waals surface area contributed by atoms with Gasteiger partial charge in [0.15, 0.2) is 11.7 Å². The van der Waals surface area contributed by atoms with Crippen LogP contribution in [0.25, 0.3) is 0 Å². The van der Waals surface area contributed by atoms with Crippen molar-refractivity contribution in [3.8, 4) is 0 Å². The van der Waals surface area contributed by atoms with E-state index < -0.39 is 0 Å². The number of nitrogens with zero attached hydrogens (tertiary/aromatic N) is 3. The van der Waals surface area contributed by atoms with Crippen LogP contribution >= 0.6 is 24.0 Å². The van der Waals surface area contributed by atoms with Gasteiger partial charge in [-0.25, -0.2) is 0 Å². The van der Waals surface area contributed by atoms with Crippen molar-refractivity contribution < 1.29 is 4.52 Å². The average molecular weight is 525 g/mol. The lowest BCUT2D eigenvalue weighted by Gasteiger charge is -2.31. The molecule has 2 N–H and O–H groups in total. The first kappa shape index (κ1) is 24.7. The molecule has 1 atom stereocenters. The summed E-state index contributed by atoms with van der Waals surface area (Å²) in [5.41, 5.74) is 3.68. The van der Waals surface area contributed by atoms with Crippen LogP contribution in [0.2, 0.25) is 0 Å². The molecule has 7 heteroatoms. The molecule has 6 nitrogen and oxygen atoms in total. The molecule has 1 aromatic carbocycles. The predicted octanol–water partition coefficient (Wildman–Crippen LogP) is 4.51. The third kappa shape index (κ3) is 7.27. The van der Waals surface area contributed by atoms with Crippen LogP contribution in [0.15, 0.2) is 39.8 Å². The Hall–Kier alpha value is -1.61. The molecule has 0 aliphatic carbocycles. The number of hydrogen-bond donors (Lipinski definition) is 2. The second-order valence-corrected chi connectivity index (χ2v) is 8.40. The number of aliphatic imine (C=N–C) groups is 1. The highest BCUT2D eigenvalue weighted by atomic mass is 127. The second-order valence-electron chi connectivity index (χ2n) is 8.40. The smallest absolute Gasteiger partial charge is 0.191 e. The maximum Gasteiger partial charge on any atom is 0.191 e.